The molecule has 0 unspecified atom stereocenters. The number of sulfone groups is 1. The number of benzene rings is 2. The van der Waals surface area contributed by atoms with Gasteiger partial charge in [-0.2, -0.15) is 0 Å². The van der Waals surface area contributed by atoms with E-state index in [0.717, 1.165) is 11.8 Å². The fourth-order valence-corrected chi connectivity index (χ4v) is 3.68. The zero-order chi connectivity index (χ0) is 19.5. The van der Waals surface area contributed by atoms with Crippen molar-refractivity contribution in [2.24, 2.45) is 5.14 Å². The van der Waals surface area contributed by atoms with Crippen LogP contribution in [0.2, 0.25) is 0 Å². The summed E-state index contributed by atoms with van der Waals surface area (Å²) in [6, 6.07) is 11.9. The number of sulfonamides is 1. The van der Waals surface area contributed by atoms with Gasteiger partial charge in [-0.1, -0.05) is 24.3 Å². The number of amides is 1. The van der Waals surface area contributed by atoms with Crippen LogP contribution >= 0.6 is 0 Å². The number of carbonyl (C=O) groups is 1. The first-order chi connectivity index (χ1) is 12.0. The molecule has 7 nitrogen and oxygen atoms in total. The largest absolute Gasteiger partial charge is 0.346 e. The molecule has 0 fully saturated rings. The first-order valence-corrected chi connectivity index (χ1v) is 11.3. The van der Waals surface area contributed by atoms with E-state index in [0.29, 0.717) is 11.1 Å². The number of primary sulfonamides is 1. The molecule has 1 atom stereocenters. The molecular weight excluding hydrogens is 376 g/mol. The van der Waals surface area contributed by atoms with Gasteiger partial charge in [-0.25, -0.2) is 22.0 Å². The van der Waals surface area contributed by atoms with Crippen molar-refractivity contribution in [3.8, 4) is 0 Å². The SMILES string of the molecule is C[C@@H](NC(=O)c1ccc(CS(C)(=O)=O)cc1)c1ccc(S(N)(=O)=O)cc1. The number of carbonyl (C=O) groups excluding carboxylic acids is 1. The molecule has 2 aromatic carbocycles. The van der Waals surface area contributed by atoms with Gasteiger partial charge in [0, 0.05) is 11.8 Å². The normalized spacial score (nSPS) is 13.2. The van der Waals surface area contributed by atoms with E-state index in [1.54, 1.807) is 43.3 Å². The van der Waals surface area contributed by atoms with E-state index in [2.05, 4.69) is 5.32 Å². The highest BCUT2D eigenvalue weighted by Gasteiger charge is 2.14. The van der Waals surface area contributed by atoms with Crippen LogP contribution in [0, 0.1) is 0 Å². The summed E-state index contributed by atoms with van der Waals surface area (Å²) in [7, 11) is -6.89. The highest BCUT2D eigenvalue weighted by molar-refractivity contribution is 7.90. The molecule has 0 spiro atoms. The second-order valence-electron chi connectivity index (χ2n) is 6.08. The van der Waals surface area contributed by atoms with Crippen molar-refractivity contribution < 1.29 is 21.6 Å². The van der Waals surface area contributed by atoms with Crippen molar-refractivity contribution in [2.75, 3.05) is 6.26 Å². The number of rotatable bonds is 6. The predicted octanol–water partition coefficient (Wildman–Crippen LogP) is 1.37. The van der Waals surface area contributed by atoms with E-state index in [1.165, 1.54) is 12.1 Å². The summed E-state index contributed by atoms with van der Waals surface area (Å²) in [6.07, 6.45) is 1.15. The molecule has 140 valence electrons. The molecular formula is C17H20N2O5S2. The summed E-state index contributed by atoms with van der Waals surface area (Å²) >= 11 is 0. The summed E-state index contributed by atoms with van der Waals surface area (Å²) in [5.74, 6) is -0.402. The molecule has 3 N–H and O–H groups in total. The van der Waals surface area contributed by atoms with Gasteiger partial charge in [-0.05, 0) is 42.3 Å². The topological polar surface area (TPSA) is 123 Å². The van der Waals surface area contributed by atoms with Crippen LogP contribution in [0.4, 0.5) is 0 Å². The van der Waals surface area contributed by atoms with Crippen LogP contribution in [-0.2, 0) is 25.6 Å². The Labute approximate surface area is 153 Å². The van der Waals surface area contributed by atoms with Crippen molar-refractivity contribution in [1.29, 1.82) is 0 Å². The maximum absolute atomic E-state index is 12.3. The van der Waals surface area contributed by atoms with Gasteiger partial charge < -0.3 is 5.32 Å². The minimum atomic E-state index is -3.76. The van der Waals surface area contributed by atoms with Gasteiger partial charge in [-0.3, -0.25) is 4.79 Å². The lowest BCUT2D eigenvalue weighted by molar-refractivity contribution is 0.0940. The van der Waals surface area contributed by atoms with Crippen molar-refractivity contribution in [1.82, 2.24) is 5.32 Å². The lowest BCUT2D eigenvalue weighted by Gasteiger charge is -2.15. The standard InChI is InChI=1S/C17H20N2O5S2/c1-12(14-7-9-16(10-8-14)26(18,23)24)19-17(20)15-5-3-13(4-6-15)11-25(2,21)22/h3-10,12H,11H2,1-2H3,(H,19,20)(H2,18,23,24)/t12-/m1/s1. The van der Waals surface area contributed by atoms with Gasteiger partial charge in [-0.15, -0.1) is 0 Å². The van der Waals surface area contributed by atoms with E-state index in [1.807, 2.05) is 0 Å². The average molecular weight is 396 g/mol. The van der Waals surface area contributed by atoms with Crippen LogP contribution in [0.15, 0.2) is 53.4 Å². The van der Waals surface area contributed by atoms with Crippen LogP contribution in [0.1, 0.15) is 34.5 Å². The molecule has 0 radical (unpaired) electrons. The van der Waals surface area contributed by atoms with E-state index < -0.39 is 19.9 Å². The first kappa shape index (κ1) is 20.1. The molecule has 2 rings (SSSR count). The lowest BCUT2D eigenvalue weighted by Crippen LogP contribution is -2.26. The molecule has 0 aliphatic rings. The zero-order valence-corrected chi connectivity index (χ0v) is 16.0. The minimum Gasteiger partial charge on any atom is -0.346 e. The van der Waals surface area contributed by atoms with Gasteiger partial charge in [0.2, 0.25) is 10.0 Å². The maximum Gasteiger partial charge on any atom is 0.251 e. The molecule has 0 aliphatic carbocycles. The number of hydrogen-bond donors (Lipinski definition) is 2. The molecule has 0 bridgehead atoms. The lowest BCUT2D eigenvalue weighted by atomic mass is 10.1. The van der Waals surface area contributed by atoms with E-state index in [-0.39, 0.29) is 22.6 Å². The minimum absolute atomic E-state index is 0.00115. The van der Waals surface area contributed by atoms with Crippen molar-refractivity contribution in [2.45, 2.75) is 23.6 Å². The average Bonchev–Trinajstić information content (AvgIpc) is 2.53. The fraction of sp³-hybridized carbons (Fsp3) is 0.235. The Morgan fingerprint density at radius 1 is 1.00 bits per heavy atom. The smallest absolute Gasteiger partial charge is 0.251 e. The quantitative estimate of drug-likeness (QED) is 0.763. The second kappa shape index (κ2) is 7.56. The van der Waals surface area contributed by atoms with Gasteiger partial charge >= 0.3 is 0 Å². The number of nitrogens with one attached hydrogen (secondary N) is 1. The van der Waals surface area contributed by atoms with Gasteiger partial charge in [0.05, 0.1) is 16.7 Å². The van der Waals surface area contributed by atoms with Crippen LogP contribution in [0.3, 0.4) is 0 Å². The van der Waals surface area contributed by atoms with E-state index in [4.69, 9.17) is 5.14 Å². The van der Waals surface area contributed by atoms with Gasteiger partial charge in [0.25, 0.3) is 5.91 Å². The maximum atomic E-state index is 12.3. The first-order valence-electron chi connectivity index (χ1n) is 7.66. The molecule has 26 heavy (non-hydrogen) atoms. The molecule has 0 heterocycles. The summed E-state index contributed by atoms with van der Waals surface area (Å²) in [5, 5.41) is 7.86. The zero-order valence-electron chi connectivity index (χ0n) is 14.3. The Balaban J connectivity index is 2.07. The third-order valence-corrected chi connectivity index (χ3v) is 5.49. The Morgan fingerprint density at radius 2 is 1.54 bits per heavy atom. The third kappa shape index (κ3) is 5.65. The van der Waals surface area contributed by atoms with Crippen LogP contribution in [-0.4, -0.2) is 29.0 Å². The Kier molecular flexibility index (Phi) is 5.84. The van der Waals surface area contributed by atoms with Crippen LogP contribution in [0.5, 0.6) is 0 Å². The second-order valence-corrected chi connectivity index (χ2v) is 9.78. The number of nitrogens with two attached hydrogens (primary N) is 1. The summed E-state index contributed by atoms with van der Waals surface area (Å²) < 4.78 is 45.1. The molecule has 2 aromatic rings. The monoisotopic (exact) mass is 396 g/mol. The van der Waals surface area contributed by atoms with Gasteiger partial charge in [0.15, 0.2) is 9.84 Å². The van der Waals surface area contributed by atoms with E-state index >= 15 is 0 Å². The fourth-order valence-electron chi connectivity index (χ4n) is 2.36. The summed E-state index contributed by atoms with van der Waals surface area (Å²) in [4.78, 5) is 12.3. The third-order valence-electron chi connectivity index (χ3n) is 3.70. The predicted molar refractivity (Wildman–Crippen MR) is 98.7 cm³/mol. The highest BCUT2D eigenvalue weighted by atomic mass is 32.2. The Hall–Kier alpha value is -2.23. The van der Waals surface area contributed by atoms with Crippen molar-refractivity contribution in [3.63, 3.8) is 0 Å². The summed E-state index contributed by atoms with van der Waals surface area (Å²) in [5.41, 5.74) is 1.73. The molecule has 9 heteroatoms. The molecule has 0 aliphatic heterocycles. The highest BCUT2D eigenvalue weighted by Crippen LogP contribution is 2.16. The number of hydrogen-bond acceptors (Lipinski definition) is 5. The van der Waals surface area contributed by atoms with Gasteiger partial charge in [0.1, 0.15) is 0 Å². The van der Waals surface area contributed by atoms with Crippen molar-refractivity contribution in [3.05, 3.63) is 65.2 Å². The van der Waals surface area contributed by atoms with Crippen molar-refractivity contribution >= 4 is 25.8 Å². The Bertz CT molecular complexity index is 996. The molecule has 0 saturated carbocycles. The molecule has 0 aromatic heterocycles. The summed E-state index contributed by atoms with van der Waals surface area (Å²) in [6.45, 7) is 1.77. The molecule has 1 amide bonds. The molecule has 0 saturated heterocycles. The van der Waals surface area contributed by atoms with E-state index in [9.17, 15) is 21.6 Å². The van der Waals surface area contributed by atoms with Crippen LogP contribution < -0.4 is 10.5 Å². The Morgan fingerprint density at radius 3 is 2.00 bits per heavy atom. The van der Waals surface area contributed by atoms with Crippen LogP contribution in [0.25, 0.3) is 0 Å².